The van der Waals surface area contributed by atoms with E-state index in [1.54, 1.807) is 18.4 Å². The quantitative estimate of drug-likeness (QED) is 0.610. The minimum atomic E-state index is 0.645. The van der Waals surface area contributed by atoms with Gasteiger partial charge in [0.05, 0.1) is 13.7 Å². The van der Waals surface area contributed by atoms with Crippen LogP contribution in [0.1, 0.15) is 23.7 Å². The number of nitrogens with one attached hydrogen (secondary N) is 1. The third kappa shape index (κ3) is 5.13. The molecule has 146 valence electrons. The summed E-state index contributed by atoms with van der Waals surface area (Å²) in [7, 11) is 1.70. The molecule has 0 atom stereocenters. The predicted octanol–water partition coefficient (Wildman–Crippen LogP) is 3.00. The molecule has 0 spiro atoms. The molecular formula is C20H29N5OS. The number of benzene rings is 1. The van der Waals surface area contributed by atoms with E-state index in [9.17, 15) is 0 Å². The summed E-state index contributed by atoms with van der Waals surface area (Å²) in [6.07, 6.45) is 3.00. The Labute approximate surface area is 165 Å². The van der Waals surface area contributed by atoms with Gasteiger partial charge < -0.3 is 19.9 Å². The van der Waals surface area contributed by atoms with Gasteiger partial charge in [0, 0.05) is 49.5 Å². The lowest BCUT2D eigenvalue weighted by molar-refractivity contribution is 0.372. The molecule has 3 rings (SSSR count). The van der Waals surface area contributed by atoms with Crippen LogP contribution in [0.15, 0.2) is 35.5 Å². The van der Waals surface area contributed by atoms with Crippen LogP contribution in [0.2, 0.25) is 0 Å². The van der Waals surface area contributed by atoms with Gasteiger partial charge in [0.15, 0.2) is 5.96 Å². The molecule has 1 aliphatic rings. The highest BCUT2D eigenvalue weighted by Gasteiger charge is 2.20. The number of hydrogen-bond acceptors (Lipinski definition) is 5. The molecule has 1 aliphatic heterocycles. The molecule has 1 fully saturated rings. The van der Waals surface area contributed by atoms with E-state index >= 15 is 0 Å². The number of thiazole rings is 1. The topological polar surface area (TPSA) is 53.0 Å². The van der Waals surface area contributed by atoms with Crippen molar-refractivity contribution in [2.75, 3.05) is 44.7 Å². The Morgan fingerprint density at radius 2 is 1.93 bits per heavy atom. The number of guanidine groups is 1. The number of aliphatic imine (C=N–C) groups is 1. The first-order chi connectivity index (χ1) is 13.2. The van der Waals surface area contributed by atoms with Crippen molar-refractivity contribution in [3.8, 4) is 5.75 Å². The summed E-state index contributed by atoms with van der Waals surface area (Å²) in [6, 6.07) is 8.29. The maximum atomic E-state index is 5.25. The van der Waals surface area contributed by atoms with Crippen LogP contribution >= 0.6 is 11.3 Å². The number of hydrogen-bond donors (Lipinski definition) is 1. The maximum Gasteiger partial charge on any atom is 0.194 e. The van der Waals surface area contributed by atoms with Crippen molar-refractivity contribution in [3.05, 3.63) is 40.3 Å². The number of methoxy groups -OCH3 is 1. The summed E-state index contributed by atoms with van der Waals surface area (Å²) < 4.78 is 5.25. The molecule has 1 aromatic carbocycles. The van der Waals surface area contributed by atoms with E-state index in [4.69, 9.17) is 9.73 Å². The SMILES string of the molecule is CCNC(=NCc1ncc(CC)s1)N1CCN(c2ccc(OC)cc2)CC1. The highest BCUT2D eigenvalue weighted by molar-refractivity contribution is 7.11. The minimum absolute atomic E-state index is 0.645. The zero-order valence-electron chi connectivity index (χ0n) is 16.4. The van der Waals surface area contributed by atoms with Gasteiger partial charge >= 0.3 is 0 Å². The van der Waals surface area contributed by atoms with Gasteiger partial charge in [-0.2, -0.15) is 0 Å². The molecule has 0 saturated carbocycles. The fourth-order valence-electron chi connectivity index (χ4n) is 3.12. The van der Waals surface area contributed by atoms with Crippen molar-refractivity contribution in [1.29, 1.82) is 0 Å². The summed E-state index contributed by atoms with van der Waals surface area (Å²) in [4.78, 5) is 15.4. The highest BCUT2D eigenvalue weighted by Crippen LogP contribution is 2.20. The monoisotopic (exact) mass is 387 g/mol. The lowest BCUT2D eigenvalue weighted by Gasteiger charge is -2.37. The Hall–Kier alpha value is -2.28. The van der Waals surface area contributed by atoms with E-state index in [1.165, 1.54) is 10.6 Å². The van der Waals surface area contributed by atoms with Crippen molar-refractivity contribution in [2.45, 2.75) is 26.8 Å². The standard InChI is InChI=1S/C20H29N5OS/c1-4-18-14-22-19(27-18)15-23-20(21-5-2)25-12-10-24(11-13-25)16-6-8-17(26-3)9-7-16/h6-9,14H,4-5,10-13,15H2,1-3H3,(H,21,23). The molecule has 0 radical (unpaired) electrons. The maximum absolute atomic E-state index is 5.25. The number of anilines is 1. The van der Waals surface area contributed by atoms with Gasteiger partial charge in [-0.05, 0) is 37.6 Å². The van der Waals surface area contributed by atoms with Crippen molar-refractivity contribution in [3.63, 3.8) is 0 Å². The average molecular weight is 388 g/mol. The van der Waals surface area contributed by atoms with Crippen LogP contribution in [0.4, 0.5) is 5.69 Å². The number of aromatic nitrogens is 1. The Balaban J connectivity index is 1.59. The second kappa shape index (κ2) is 9.60. The zero-order chi connectivity index (χ0) is 19.1. The molecule has 2 aromatic rings. The van der Waals surface area contributed by atoms with Crippen LogP contribution < -0.4 is 15.0 Å². The van der Waals surface area contributed by atoms with Crippen LogP contribution in [0.3, 0.4) is 0 Å². The second-order valence-electron chi connectivity index (χ2n) is 6.42. The second-order valence-corrected chi connectivity index (χ2v) is 7.62. The molecule has 0 bridgehead atoms. The Morgan fingerprint density at radius 1 is 1.19 bits per heavy atom. The molecule has 6 nitrogen and oxygen atoms in total. The number of nitrogens with zero attached hydrogens (tertiary/aromatic N) is 4. The number of piperazine rings is 1. The van der Waals surface area contributed by atoms with E-state index in [-0.39, 0.29) is 0 Å². The predicted molar refractivity (Wildman–Crippen MR) is 113 cm³/mol. The zero-order valence-corrected chi connectivity index (χ0v) is 17.3. The summed E-state index contributed by atoms with van der Waals surface area (Å²) in [5.74, 6) is 1.88. The van der Waals surface area contributed by atoms with Crippen LogP contribution in [0, 0.1) is 0 Å². The smallest absolute Gasteiger partial charge is 0.194 e. The lowest BCUT2D eigenvalue weighted by atomic mass is 10.2. The van der Waals surface area contributed by atoms with Crippen molar-refractivity contribution in [1.82, 2.24) is 15.2 Å². The Kier molecular flexibility index (Phi) is 6.92. The highest BCUT2D eigenvalue weighted by atomic mass is 32.1. The molecule has 1 aromatic heterocycles. The van der Waals surface area contributed by atoms with E-state index < -0.39 is 0 Å². The van der Waals surface area contributed by atoms with Gasteiger partial charge in [0.2, 0.25) is 0 Å². The molecule has 2 heterocycles. The summed E-state index contributed by atoms with van der Waals surface area (Å²) >= 11 is 1.76. The summed E-state index contributed by atoms with van der Waals surface area (Å²) in [6.45, 7) is 9.66. The fourth-order valence-corrected chi connectivity index (χ4v) is 3.91. The van der Waals surface area contributed by atoms with Crippen LogP contribution in [0.25, 0.3) is 0 Å². The summed E-state index contributed by atoms with van der Waals surface area (Å²) in [5.41, 5.74) is 1.24. The normalized spacial score (nSPS) is 15.1. The third-order valence-corrected chi connectivity index (χ3v) is 5.79. The van der Waals surface area contributed by atoms with Crippen LogP contribution in [-0.2, 0) is 13.0 Å². The molecule has 1 saturated heterocycles. The minimum Gasteiger partial charge on any atom is -0.497 e. The molecule has 1 N–H and O–H groups in total. The molecule has 0 unspecified atom stereocenters. The number of ether oxygens (including phenoxy) is 1. The van der Waals surface area contributed by atoms with Crippen molar-refractivity contribution >= 4 is 23.0 Å². The van der Waals surface area contributed by atoms with Gasteiger partial charge in [-0.1, -0.05) is 6.92 Å². The van der Waals surface area contributed by atoms with Gasteiger partial charge in [0.25, 0.3) is 0 Å². The molecule has 27 heavy (non-hydrogen) atoms. The van der Waals surface area contributed by atoms with E-state index in [2.05, 4.69) is 46.1 Å². The first-order valence-corrected chi connectivity index (χ1v) is 10.4. The molecular weight excluding hydrogens is 358 g/mol. The molecule has 0 amide bonds. The molecule has 0 aliphatic carbocycles. The van der Waals surface area contributed by atoms with Crippen LogP contribution in [-0.4, -0.2) is 55.7 Å². The van der Waals surface area contributed by atoms with E-state index in [0.717, 1.165) is 55.9 Å². The number of rotatable bonds is 6. The van der Waals surface area contributed by atoms with Gasteiger partial charge in [-0.25, -0.2) is 9.98 Å². The van der Waals surface area contributed by atoms with Crippen molar-refractivity contribution in [2.24, 2.45) is 4.99 Å². The van der Waals surface area contributed by atoms with Crippen molar-refractivity contribution < 1.29 is 4.74 Å². The largest absolute Gasteiger partial charge is 0.497 e. The third-order valence-electron chi connectivity index (χ3n) is 4.67. The Bertz CT molecular complexity index is 735. The Morgan fingerprint density at radius 3 is 2.52 bits per heavy atom. The first-order valence-electron chi connectivity index (χ1n) is 9.59. The average Bonchev–Trinajstić information content (AvgIpc) is 3.19. The fraction of sp³-hybridized carbons (Fsp3) is 0.500. The van der Waals surface area contributed by atoms with Gasteiger partial charge in [-0.3, -0.25) is 0 Å². The van der Waals surface area contributed by atoms with Crippen LogP contribution in [0.5, 0.6) is 5.75 Å². The summed E-state index contributed by atoms with van der Waals surface area (Å²) in [5, 5.41) is 4.51. The van der Waals surface area contributed by atoms with Gasteiger partial charge in [0.1, 0.15) is 10.8 Å². The number of aryl methyl sites for hydroxylation is 1. The van der Waals surface area contributed by atoms with Gasteiger partial charge in [-0.15, -0.1) is 11.3 Å². The first kappa shape index (κ1) is 19.5. The molecule has 7 heteroatoms. The van der Waals surface area contributed by atoms with E-state index in [0.29, 0.717) is 6.54 Å². The lowest BCUT2D eigenvalue weighted by Crippen LogP contribution is -2.52. The van der Waals surface area contributed by atoms with E-state index in [1.807, 2.05) is 18.3 Å².